The van der Waals surface area contributed by atoms with E-state index in [0.29, 0.717) is 5.82 Å². The van der Waals surface area contributed by atoms with E-state index < -0.39 is 0 Å². The Hall–Kier alpha value is -1.89. The highest BCUT2D eigenvalue weighted by molar-refractivity contribution is 9.10. The minimum Gasteiger partial charge on any atom is -0.378 e. The highest BCUT2D eigenvalue weighted by atomic mass is 79.9. The zero-order chi connectivity index (χ0) is 11.4. The van der Waals surface area contributed by atoms with Crippen LogP contribution in [0.25, 0.3) is 0 Å². The lowest BCUT2D eigenvalue weighted by Gasteiger charge is -1.96. The third-order valence-electron chi connectivity index (χ3n) is 1.79. The van der Waals surface area contributed by atoms with Crippen molar-refractivity contribution < 1.29 is 4.63 Å². The first-order valence-corrected chi connectivity index (χ1v) is 5.18. The second-order valence-electron chi connectivity index (χ2n) is 2.89. The Morgan fingerprint density at radius 3 is 2.88 bits per heavy atom. The number of nitrogens with zero attached hydrogens (tertiary/aromatic N) is 3. The summed E-state index contributed by atoms with van der Waals surface area (Å²) in [5.74, 6) is 0.465. The van der Waals surface area contributed by atoms with E-state index in [0.717, 1.165) is 10.0 Å². The fourth-order valence-electron chi connectivity index (χ4n) is 1.02. The van der Waals surface area contributed by atoms with Crippen LogP contribution in [0.3, 0.4) is 0 Å². The van der Waals surface area contributed by atoms with Crippen molar-refractivity contribution >= 4 is 33.8 Å². The molecule has 1 aromatic carbocycles. The van der Waals surface area contributed by atoms with E-state index in [9.17, 15) is 0 Å². The van der Waals surface area contributed by atoms with Gasteiger partial charge in [0.25, 0.3) is 0 Å². The van der Waals surface area contributed by atoms with Gasteiger partial charge in [0.15, 0.2) is 0 Å². The monoisotopic (exact) mass is 281 g/mol. The van der Waals surface area contributed by atoms with Crippen LogP contribution in [-0.2, 0) is 0 Å². The summed E-state index contributed by atoms with van der Waals surface area (Å²) in [5, 5.41) is 10.9. The summed E-state index contributed by atoms with van der Waals surface area (Å²) in [6.07, 6.45) is 1.64. The molecule has 0 bridgehead atoms. The molecule has 3 N–H and O–H groups in total. The summed E-state index contributed by atoms with van der Waals surface area (Å²) >= 11 is 3.40. The number of nitrogen functional groups attached to an aromatic ring is 1. The van der Waals surface area contributed by atoms with E-state index in [4.69, 9.17) is 5.73 Å². The van der Waals surface area contributed by atoms with Gasteiger partial charge < -0.3 is 5.73 Å². The molecule has 1 heterocycles. The summed E-state index contributed by atoms with van der Waals surface area (Å²) in [4.78, 5) is 0. The molecule has 0 aliphatic rings. The smallest absolute Gasteiger partial charge is 0.235 e. The quantitative estimate of drug-likeness (QED) is 0.662. The van der Waals surface area contributed by atoms with Crippen LogP contribution in [0.2, 0.25) is 0 Å². The molecule has 0 spiro atoms. The molecular formula is C9H8BrN5O. The summed E-state index contributed by atoms with van der Waals surface area (Å²) < 4.78 is 5.35. The van der Waals surface area contributed by atoms with Crippen molar-refractivity contribution in [1.29, 1.82) is 0 Å². The molecule has 16 heavy (non-hydrogen) atoms. The maximum atomic E-state index is 5.44. The predicted octanol–water partition coefficient (Wildman–Crippen LogP) is 1.86. The van der Waals surface area contributed by atoms with Crippen LogP contribution >= 0.6 is 15.9 Å². The van der Waals surface area contributed by atoms with E-state index in [1.807, 2.05) is 24.3 Å². The summed E-state index contributed by atoms with van der Waals surface area (Å²) in [5.41, 5.74) is 9.00. The van der Waals surface area contributed by atoms with Gasteiger partial charge in [0, 0.05) is 10.0 Å². The summed E-state index contributed by atoms with van der Waals surface area (Å²) in [6, 6.07) is 7.68. The van der Waals surface area contributed by atoms with Gasteiger partial charge in [0.1, 0.15) is 0 Å². The van der Waals surface area contributed by atoms with Crippen LogP contribution in [0.15, 0.2) is 38.5 Å². The van der Waals surface area contributed by atoms with E-state index in [2.05, 4.69) is 41.4 Å². The molecule has 0 fully saturated rings. The predicted molar refractivity (Wildman–Crippen MR) is 64.1 cm³/mol. The molecule has 0 amide bonds. The summed E-state index contributed by atoms with van der Waals surface area (Å²) in [6.45, 7) is 0. The van der Waals surface area contributed by atoms with Crippen molar-refractivity contribution in [2.75, 3.05) is 11.2 Å². The summed E-state index contributed by atoms with van der Waals surface area (Å²) in [7, 11) is 0. The first kappa shape index (κ1) is 10.6. The minimum absolute atomic E-state index is 0.171. The number of hydrogen-bond acceptors (Lipinski definition) is 6. The molecule has 0 saturated heterocycles. The molecule has 1 aromatic heterocycles. The van der Waals surface area contributed by atoms with Crippen molar-refractivity contribution in [1.82, 2.24) is 10.3 Å². The van der Waals surface area contributed by atoms with Gasteiger partial charge in [-0.2, -0.15) is 5.10 Å². The van der Waals surface area contributed by atoms with Gasteiger partial charge in [0.05, 0.1) is 6.21 Å². The van der Waals surface area contributed by atoms with Gasteiger partial charge in [-0.15, -0.1) is 0 Å². The fraction of sp³-hybridized carbons (Fsp3) is 0. The second-order valence-corrected chi connectivity index (χ2v) is 3.74. The number of hydrogen-bond donors (Lipinski definition) is 2. The van der Waals surface area contributed by atoms with Gasteiger partial charge >= 0.3 is 0 Å². The molecule has 7 heteroatoms. The highest BCUT2D eigenvalue weighted by Crippen LogP contribution is 2.14. The number of anilines is 2. The number of halogens is 1. The van der Waals surface area contributed by atoms with Gasteiger partial charge in [-0.3, -0.25) is 5.43 Å². The maximum Gasteiger partial charge on any atom is 0.235 e. The Morgan fingerprint density at radius 2 is 2.19 bits per heavy atom. The lowest BCUT2D eigenvalue weighted by molar-refractivity contribution is 0.310. The zero-order valence-electron chi connectivity index (χ0n) is 8.09. The number of nitrogens with one attached hydrogen (secondary N) is 1. The lowest BCUT2D eigenvalue weighted by Crippen LogP contribution is -1.95. The number of benzene rings is 1. The Morgan fingerprint density at radius 1 is 1.38 bits per heavy atom. The van der Waals surface area contributed by atoms with Crippen LogP contribution < -0.4 is 11.2 Å². The largest absolute Gasteiger partial charge is 0.378 e. The number of nitrogens with two attached hydrogens (primary N) is 1. The first-order valence-electron chi connectivity index (χ1n) is 4.39. The standard InChI is InChI=1S/C9H8BrN5O/c10-7-4-2-1-3-6(7)5-12-13-9-8(11)14-16-15-9/h1-5H,(H2,11,14)(H,13,15)/b12-5-. The Balaban J connectivity index is 2.06. The first-order chi connectivity index (χ1) is 7.77. The van der Waals surface area contributed by atoms with Crippen LogP contribution in [0.4, 0.5) is 11.6 Å². The van der Waals surface area contributed by atoms with Crippen molar-refractivity contribution in [3.63, 3.8) is 0 Å². The van der Waals surface area contributed by atoms with Crippen molar-refractivity contribution in [2.45, 2.75) is 0 Å². The SMILES string of the molecule is Nc1nonc1N/N=C\c1ccccc1Br. The van der Waals surface area contributed by atoms with Crippen LogP contribution in [0, 0.1) is 0 Å². The van der Waals surface area contributed by atoms with E-state index in [1.54, 1.807) is 6.21 Å². The van der Waals surface area contributed by atoms with Crippen molar-refractivity contribution in [2.24, 2.45) is 5.10 Å². The molecule has 0 saturated carbocycles. The highest BCUT2D eigenvalue weighted by Gasteiger charge is 2.02. The molecule has 0 unspecified atom stereocenters. The fourth-order valence-corrected chi connectivity index (χ4v) is 1.40. The molecule has 2 aromatic rings. The molecule has 0 radical (unpaired) electrons. The molecular weight excluding hydrogens is 274 g/mol. The Bertz CT molecular complexity index is 510. The lowest BCUT2D eigenvalue weighted by atomic mass is 10.2. The second kappa shape index (κ2) is 4.75. The Labute approximate surface area is 99.6 Å². The van der Waals surface area contributed by atoms with Crippen LogP contribution in [0.5, 0.6) is 0 Å². The van der Waals surface area contributed by atoms with E-state index >= 15 is 0 Å². The molecule has 6 nitrogen and oxygen atoms in total. The third kappa shape index (κ3) is 2.37. The van der Waals surface area contributed by atoms with Crippen molar-refractivity contribution in [3.05, 3.63) is 34.3 Å². The van der Waals surface area contributed by atoms with E-state index in [1.165, 1.54) is 0 Å². The third-order valence-corrected chi connectivity index (χ3v) is 2.52. The average Bonchev–Trinajstić information content (AvgIpc) is 2.67. The van der Waals surface area contributed by atoms with E-state index in [-0.39, 0.29) is 5.82 Å². The molecule has 82 valence electrons. The topological polar surface area (TPSA) is 89.3 Å². The maximum absolute atomic E-state index is 5.44. The number of hydrazone groups is 1. The van der Waals surface area contributed by atoms with Crippen LogP contribution in [-0.4, -0.2) is 16.5 Å². The average molecular weight is 282 g/mol. The molecule has 0 atom stereocenters. The Kier molecular flexibility index (Phi) is 3.16. The normalized spacial score (nSPS) is 10.8. The number of aromatic nitrogens is 2. The molecule has 0 aliphatic heterocycles. The van der Waals surface area contributed by atoms with Crippen molar-refractivity contribution in [3.8, 4) is 0 Å². The van der Waals surface area contributed by atoms with Crippen LogP contribution in [0.1, 0.15) is 5.56 Å². The molecule has 2 rings (SSSR count). The molecule has 0 aliphatic carbocycles. The van der Waals surface area contributed by atoms with Gasteiger partial charge in [-0.25, -0.2) is 4.63 Å². The van der Waals surface area contributed by atoms with Gasteiger partial charge in [0.2, 0.25) is 11.6 Å². The zero-order valence-corrected chi connectivity index (χ0v) is 9.68. The van der Waals surface area contributed by atoms with Gasteiger partial charge in [-0.1, -0.05) is 34.1 Å². The number of rotatable bonds is 3. The minimum atomic E-state index is 0.171. The van der Waals surface area contributed by atoms with Gasteiger partial charge in [-0.05, 0) is 16.4 Å².